The van der Waals surface area contributed by atoms with Gasteiger partial charge in [-0.2, -0.15) is 0 Å². The van der Waals surface area contributed by atoms with Crippen molar-refractivity contribution in [2.45, 2.75) is 46.0 Å². The summed E-state index contributed by atoms with van der Waals surface area (Å²) in [6.07, 6.45) is 11.2. The highest BCUT2D eigenvalue weighted by molar-refractivity contribution is 4.79. The van der Waals surface area contributed by atoms with Crippen LogP contribution in [-0.2, 0) is 0 Å². The van der Waals surface area contributed by atoms with Crippen molar-refractivity contribution >= 4 is 0 Å². The van der Waals surface area contributed by atoms with Crippen LogP contribution in [0, 0.1) is 12.8 Å². The van der Waals surface area contributed by atoms with E-state index in [4.69, 9.17) is 0 Å². The third-order valence-corrected chi connectivity index (χ3v) is 1.14. The Morgan fingerprint density at radius 1 is 1.44 bits per heavy atom. The quantitative estimate of drug-likeness (QED) is 0.508. The molecule has 1 aliphatic rings. The third-order valence-electron chi connectivity index (χ3n) is 1.14. The molecule has 1 fully saturated rings. The van der Waals surface area contributed by atoms with E-state index in [1.54, 1.807) is 0 Å². The maximum atomic E-state index is 2.25. The number of hydrogen-bond donors (Lipinski definition) is 0. The smallest absolute Gasteiger partial charge is 0.0386 e. The Labute approximate surface area is 59.7 Å². The molecule has 0 atom stereocenters. The summed E-state index contributed by atoms with van der Waals surface area (Å²) in [6, 6.07) is 0. The second-order valence-electron chi connectivity index (χ2n) is 2.42. The first-order valence-electron chi connectivity index (χ1n) is 4.01. The van der Waals surface area contributed by atoms with Gasteiger partial charge in [-0.3, -0.25) is 0 Å². The van der Waals surface area contributed by atoms with Crippen molar-refractivity contribution in [2.75, 3.05) is 0 Å². The van der Waals surface area contributed by atoms with Crippen molar-refractivity contribution in [1.82, 2.24) is 0 Å². The monoisotopic (exact) mass is 126 g/mol. The van der Waals surface area contributed by atoms with E-state index < -0.39 is 0 Å². The van der Waals surface area contributed by atoms with E-state index in [9.17, 15) is 0 Å². The third kappa shape index (κ3) is 18.0. The molecule has 0 saturated heterocycles. The van der Waals surface area contributed by atoms with Gasteiger partial charge in [0.15, 0.2) is 0 Å². The molecule has 0 bridgehead atoms. The van der Waals surface area contributed by atoms with E-state index in [2.05, 4.69) is 26.7 Å². The summed E-state index contributed by atoms with van der Waals surface area (Å²) in [4.78, 5) is 0. The average molecular weight is 126 g/mol. The minimum Gasteiger partial charge on any atom is -0.0654 e. The van der Waals surface area contributed by atoms with Gasteiger partial charge in [-0.15, -0.1) is 0 Å². The topological polar surface area (TPSA) is 0 Å². The fourth-order valence-corrected chi connectivity index (χ4v) is 0.408. The van der Waals surface area contributed by atoms with Gasteiger partial charge in [-0.25, -0.2) is 0 Å². The summed E-state index contributed by atoms with van der Waals surface area (Å²) >= 11 is 0. The molecule has 2 radical (unpaired) electrons. The number of unbranched alkanes of at least 4 members (excludes halogenated alkanes) is 3. The van der Waals surface area contributed by atoms with E-state index in [1.807, 2.05) is 0 Å². The Morgan fingerprint density at radius 3 is 2.11 bits per heavy atom. The Morgan fingerprint density at radius 2 is 2.00 bits per heavy atom. The van der Waals surface area contributed by atoms with Crippen LogP contribution in [0.15, 0.2) is 0 Å². The molecule has 1 saturated carbocycles. The standard InChI is InChI=1S/C6H13.C3H5/c1-3-5-6-4-2;1-2-3-1/h3H,4-6H2,1-2H3;1H,2-3H2. The molecular weight excluding hydrogens is 108 g/mol. The van der Waals surface area contributed by atoms with Gasteiger partial charge in [0.2, 0.25) is 0 Å². The molecule has 1 aliphatic carbocycles. The zero-order valence-corrected chi connectivity index (χ0v) is 6.69. The van der Waals surface area contributed by atoms with Crippen LogP contribution < -0.4 is 0 Å². The van der Waals surface area contributed by atoms with Crippen molar-refractivity contribution in [2.24, 2.45) is 0 Å². The van der Waals surface area contributed by atoms with Crippen molar-refractivity contribution in [3.05, 3.63) is 12.8 Å². The molecule has 0 N–H and O–H groups in total. The molecule has 0 aliphatic heterocycles. The van der Waals surface area contributed by atoms with Crippen LogP contribution in [0.4, 0.5) is 0 Å². The van der Waals surface area contributed by atoms with Gasteiger partial charge in [-0.1, -0.05) is 33.1 Å². The molecular formula is C9H18. The first-order valence-corrected chi connectivity index (χ1v) is 4.01. The maximum Gasteiger partial charge on any atom is -0.0386 e. The van der Waals surface area contributed by atoms with E-state index in [0.29, 0.717) is 0 Å². The van der Waals surface area contributed by atoms with Crippen LogP contribution in [0.2, 0.25) is 0 Å². The molecule has 1 rings (SSSR count). The zero-order valence-electron chi connectivity index (χ0n) is 6.69. The Balaban J connectivity index is 0.000000173. The number of hydrogen-bond acceptors (Lipinski definition) is 0. The molecule has 0 aromatic rings. The highest BCUT2D eigenvalue weighted by atomic mass is 14.0. The zero-order chi connectivity index (χ0) is 6.95. The first kappa shape index (κ1) is 9.00. The molecule has 0 amide bonds. The van der Waals surface area contributed by atoms with Crippen LogP contribution >= 0.6 is 0 Å². The van der Waals surface area contributed by atoms with Gasteiger partial charge in [-0.05, 0) is 25.7 Å². The highest BCUT2D eigenvalue weighted by Crippen LogP contribution is 2.12. The van der Waals surface area contributed by atoms with Crippen molar-refractivity contribution < 1.29 is 0 Å². The van der Waals surface area contributed by atoms with Crippen LogP contribution in [0.5, 0.6) is 0 Å². The summed E-state index contributed by atoms with van der Waals surface area (Å²) in [5, 5.41) is 0. The van der Waals surface area contributed by atoms with Crippen molar-refractivity contribution in [3.63, 3.8) is 0 Å². The maximum absolute atomic E-state index is 2.25. The second-order valence-corrected chi connectivity index (χ2v) is 2.42. The molecule has 0 spiro atoms. The fraction of sp³-hybridized carbons (Fsp3) is 0.778. The Bertz CT molecular complexity index is 30.5. The average Bonchev–Trinajstić information content (AvgIpc) is 2.67. The van der Waals surface area contributed by atoms with Crippen LogP contribution in [-0.4, -0.2) is 0 Å². The van der Waals surface area contributed by atoms with Crippen molar-refractivity contribution in [3.8, 4) is 0 Å². The molecule has 9 heavy (non-hydrogen) atoms. The van der Waals surface area contributed by atoms with Crippen LogP contribution in [0.3, 0.4) is 0 Å². The van der Waals surface area contributed by atoms with E-state index in [-0.39, 0.29) is 0 Å². The van der Waals surface area contributed by atoms with Gasteiger partial charge >= 0.3 is 0 Å². The fourth-order valence-electron chi connectivity index (χ4n) is 0.408. The molecule has 0 heteroatoms. The first-order chi connectivity index (χ1) is 4.41. The molecule has 0 nitrogen and oxygen atoms in total. The lowest BCUT2D eigenvalue weighted by atomic mass is 10.2. The van der Waals surface area contributed by atoms with Gasteiger partial charge in [0, 0.05) is 0 Å². The summed E-state index contributed by atoms with van der Waals surface area (Å²) in [6.45, 7) is 4.32. The predicted molar refractivity (Wildman–Crippen MR) is 43.0 cm³/mol. The number of rotatable bonds is 3. The lowest BCUT2D eigenvalue weighted by Gasteiger charge is -1.85. The SMILES string of the molecule is C[CH]CCCC.[CH]1CC1. The molecule has 0 heterocycles. The minimum absolute atomic E-state index is 1.29. The Hall–Kier alpha value is 0. The summed E-state index contributed by atoms with van der Waals surface area (Å²) in [5.41, 5.74) is 0. The lowest BCUT2D eigenvalue weighted by Crippen LogP contribution is -1.67. The lowest BCUT2D eigenvalue weighted by molar-refractivity contribution is 0.784. The highest BCUT2D eigenvalue weighted by Gasteiger charge is 1.95. The van der Waals surface area contributed by atoms with E-state index in [0.717, 1.165) is 0 Å². The predicted octanol–water partition coefficient (Wildman–Crippen LogP) is 3.39. The minimum atomic E-state index is 1.29. The Kier molecular flexibility index (Phi) is 8.00. The molecule has 0 aromatic heterocycles. The largest absolute Gasteiger partial charge is 0.0654 e. The molecule has 54 valence electrons. The summed E-state index contributed by atoms with van der Waals surface area (Å²) < 4.78 is 0. The normalized spacial score (nSPS) is 14.0. The summed E-state index contributed by atoms with van der Waals surface area (Å²) in [5.74, 6) is 0. The van der Waals surface area contributed by atoms with Gasteiger partial charge in [0.1, 0.15) is 0 Å². The van der Waals surface area contributed by atoms with Crippen molar-refractivity contribution in [1.29, 1.82) is 0 Å². The van der Waals surface area contributed by atoms with E-state index >= 15 is 0 Å². The van der Waals surface area contributed by atoms with Gasteiger partial charge in [0.25, 0.3) is 0 Å². The summed E-state index contributed by atoms with van der Waals surface area (Å²) in [7, 11) is 0. The van der Waals surface area contributed by atoms with Gasteiger partial charge < -0.3 is 0 Å². The second kappa shape index (κ2) is 8.00. The van der Waals surface area contributed by atoms with Crippen LogP contribution in [0.25, 0.3) is 0 Å². The van der Waals surface area contributed by atoms with E-state index in [1.165, 1.54) is 32.1 Å². The van der Waals surface area contributed by atoms with Crippen LogP contribution in [0.1, 0.15) is 46.0 Å². The molecule has 0 aromatic carbocycles. The molecule has 0 unspecified atom stereocenters. The van der Waals surface area contributed by atoms with Gasteiger partial charge in [0.05, 0.1) is 0 Å².